The molecular formula is C24H20N4O7. The molecule has 0 heterocycles. The van der Waals surface area contributed by atoms with Crippen molar-refractivity contribution in [2.24, 2.45) is 10.2 Å². The zero-order valence-electron chi connectivity index (χ0n) is 18.5. The third-order valence-electron chi connectivity index (χ3n) is 4.68. The number of carboxylic acids is 1. The molecule has 0 spiro atoms. The smallest absolute Gasteiger partial charge is 0.323 e. The maximum absolute atomic E-state index is 12.2. The third kappa shape index (κ3) is 7.29. The Morgan fingerprint density at radius 2 is 1.46 bits per heavy atom. The Hall–Kier alpha value is -4.93. The van der Waals surface area contributed by atoms with Crippen molar-refractivity contribution in [2.75, 3.05) is 13.6 Å². The van der Waals surface area contributed by atoms with Crippen LogP contribution in [0.15, 0.2) is 83.0 Å². The molecule has 0 unspecified atom stereocenters. The molecule has 0 aromatic heterocycles. The molecule has 0 fully saturated rings. The lowest BCUT2D eigenvalue weighted by molar-refractivity contribution is -0.384. The van der Waals surface area contributed by atoms with E-state index >= 15 is 0 Å². The van der Waals surface area contributed by atoms with Gasteiger partial charge in [-0.3, -0.25) is 24.5 Å². The lowest BCUT2D eigenvalue weighted by Gasteiger charge is -2.14. The van der Waals surface area contributed by atoms with E-state index in [1.807, 2.05) is 0 Å². The van der Waals surface area contributed by atoms with E-state index in [0.29, 0.717) is 22.5 Å². The van der Waals surface area contributed by atoms with E-state index in [9.17, 15) is 24.5 Å². The zero-order chi connectivity index (χ0) is 25.4. The van der Waals surface area contributed by atoms with Crippen molar-refractivity contribution in [3.05, 3.63) is 94.0 Å². The van der Waals surface area contributed by atoms with Crippen molar-refractivity contribution in [3.8, 4) is 5.75 Å². The summed E-state index contributed by atoms with van der Waals surface area (Å²) in [6, 6.07) is 18.2. The number of ether oxygens (including phenoxy) is 1. The van der Waals surface area contributed by atoms with Gasteiger partial charge in [-0.1, -0.05) is 12.1 Å². The van der Waals surface area contributed by atoms with Crippen molar-refractivity contribution in [3.63, 3.8) is 0 Å². The van der Waals surface area contributed by atoms with E-state index in [2.05, 4.69) is 10.2 Å². The minimum Gasteiger partial charge on any atom is -0.480 e. The van der Waals surface area contributed by atoms with Gasteiger partial charge in [0.1, 0.15) is 12.3 Å². The lowest BCUT2D eigenvalue weighted by Crippen LogP contribution is -2.31. The summed E-state index contributed by atoms with van der Waals surface area (Å²) in [7, 11) is 1.41. The average molecular weight is 476 g/mol. The van der Waals surface area contributed by atoms with Gasteiger partial charge in [-0.15, -0.1) is 0 Å². The number of carboxylic acid groups (broad SMARTS) is 1. The van der Waals surface area contributed by atoms with Gasteiger partial charge in [0.05, 0.1) is 22.7 Å². The van der Waals surface area contributed by atoms with Crippen LogP contribution in [0.3, 0.4) is 0 Å². The van der Waals surface area contributed by atoms with Gasteiger partial charge in [0.2, 0.25) is 0 Å². The summed E-state index contributed by atoms with van der Waals surface area (Å²) in [6.45, 7) is -0.398. The van der Waals surface area contributed by atoms with E-state index in [0.717, 1.165) is 4.90 Å². The summed E-state index contributed by atoms with van der Waals surface area (Å²) in [5.74, 6) is -1.82. The van der Waals surface area contributed by atoms with E-state index in [1.54, 1.807) is 36.4 Å². The fourth-order valence-electron chi connectivity index (χ4n) is 2.93. The second-order valence-electron chi connectivity index (χ2n) is 7.37. The van der Waals surface area contributed by atoms with Gasteiger partial charge in [-0.2, -0.15) is 10.2 Å². The number of non-ortho nitro benzene ring substituents is 1. The molecule has 0 saturated carbocycles. The highest BCUT2D eigenvalue weighted by molar-refractivity contribution is 5.95. The van der Waals surface area contributed by atoms with Crippen LogP contribution in [0.2, 0.25) is 0 Å². The first-order chi connectivity index (χ1) is 16.7. The highest BCUT2D eigenvalue weighted by Crippen LogP contribution is 2.21. The summed E-state index contributed by atoms with van der Waals surface area (Å²) in [5, 5.41) is 27.7. The number of carbonyl (C=O) groups excluding carboxylic acids is 2. The predicted molar refractivity (Wildman–Crippen MR) is 124 cm³/mol. The number of azo groups is 1. The molecule has 1 N–H and O–H groups in total. The second kappa shape index (κ2) is 11.3. The van der Waals surface area contributed by atoms with Gasteiger partial charge in [0.25, 0.3) is 11.6 Å². The largest absolute Gasteiger partial charge is 0.480 e. The van der Waals surface area contributed by atoms with Gasteiger partial charge >= 0.3 is 11.9 Å². The fraction of sp³-hybridized carbons (Fsp3) is 0.125. The van der Waals surface area contributed by atoms with Crippen molar-refractivity contribution < 1.29 is 29.2 Å². The van der Waals surface area contributed by atoms with Gasteiger partial charge < -0.3 is 14.7 Å². The fourth-order valence-corrected chi connectivity index (χ4v) is 2.93. The number of nitro groups is 1. The Morgan fingerprint density at radius 1 is 0.914 bits per heavy atom. The molecule has 0 aliphatic heterocycles. The molecule has 3 aromatic rings. The summed E-state index contributed by atoms with van der Waals surface area (Å²) < 4.78 is 5.19. The van der Waals surface area contributed by atoms with Crippen molar-refractivity contribution >= 4 is 34.9 Å². The van der Waals surface area contributed by atoms with E-state index in [1.165, 1.54) is 43.4 Å². The molecule has 3 aromatic carbocycles. The number of nitrogens with zero attached hydrogens (tertiary/aromatic N) is 4. The first-order valence-electron chi connectivity index (χ1n) is 10.2. The van der Waals surface area contributed by atoms with Gasteiger partial charge in [0.15, 0.2) is 0 Å². The van der Waals surface area contributed by atoms with Crippen molar-refractivity contribution in [1.29, 1.82) is 0 Å². The molecule has 1 amide bonds. The summed E-state index contributed by atoms with van der Waals surface area (Å²) >= 11 is 0. The quantitative estimate of drug-likeness (QED) is 0.159. The topological polar surface area (TPSA) is 152 Å². The van der Waals surface area contributed by atoms with Crippen molar-refractivity contribution in [1.82, 2.24) is 4.90 Å². The minimum atomic E-state index is -1.10. The number of esters is 1. The Bertz CT molecular complexity index is 1250. The number of rotatable bonds is 9. The zero-order valence-corrected chi connectivity index (χ0v) is 18.5. The lowest BCUT2D eigenvalue weighted by atomic mass is 10.1. The van der Waals surface area contributed by atoms with E-state index < -0.39 is 29.3 Å². The molecule has 0 radical (unpaired) electrons. The number of hydrogen-bond donors (Lipinski definition) is 1. The predicted octanol–water partition coefficient (Wildman–Crippen LogP) is 4.31. The van der Waals surface area contributed by atoms with Crippen LogP contribution in [0, 0.1) is 10.1 Å². The van der Waals surface area contributed by atoms with Crippen LogP contribution in [-0.4, -0.2) is 46.4 Å². The van der Waals surface area contributed by atoms with Crippen LogP contribution in [0.5, 0.6) is 5.75 Å². The molecule has 0 saturated heterocycles. The highest BCUT2D eigenvalue weighted by Gasteiger charge is 2.14. The first-order valence-corrected chi connectivity index (χ1v) is 10.2. The van der Waals surface area contributed by atoms with Gasteiger partial charge in [-0.25, -0.2) is 0 Å². The first kappa shape index (κ1) is 24.7. The van der Waals surface area contributed by atoms with E-state index in [-0.39, 0.29) is 17.9 Å². The maximum Gasteiger partial charge on any atom is 0.323 e. The van der Waals surface area contributed by atoms with E-state index in [4.69, 9.17) is 9.84 Å². The molecule has 0 aliphatic rings. The number of aliphatic carboxylic acids is 1. The molecule has 0 atom stereocenters. The molecule has 0 bridgehead atoms. The van der Waals surface area contributed by atoms with Crippen LogP contribution in [0.25, 0.3) is 0 Å². The number of likely N-dealkylation sites (N-methyl/N-ethyl adjacent to an activating group) is 1. The number of benzene rings is 3. The summed E-state index contributed by atoms with van der Waals surface area (Å²) in [6.07, 6.45) is 0.000224. The van der Waals surface area contributed by atoms with Crippen molar-refractivity contribution in [2.45, 2.75) is 6.42 Å². The number of carbonyl (C=O) groups is 3. The second-order valence-corrected chi connectivity index (χ2v) is 7.37. The van der Waals surface area contributed by atoms with Crippen LogP contribution in [0.1, 0.15) is 15.9 Å². The summed E-state index contributed by atoms with van der Waals surface area (Å²) in [4.78, 5) is 46.3. The van der Waals surface area contributed by atoms with Crippen LogP contribution in [-0.2, 0) is 16.0 Å². The van der Waals surface area contributed by atoms with Gasteiger partial charge in [0, 0.05) is 24.7 Å². The Labute approximate surface area is 199 Å². The van der Waals surface area contributed by atoms with Gasteiger partial charge in [-0.05, 0) is 54.1 Å². The standard InChI is InChI=1S/C24H20N4O7/c1-27(15-22(29)30)24(32)17-4-8-19(9-5-17)26-25-18-6-2-16(3-7-18)14-23(31)35-21-12-10-20(11-13-21)28(33)34/h2-13H,14-15H2,1H3,(H,29,30). The van der Waals surface area contributed by atoms with Crippen LogP contribution < -0.4 is 4.74 Å². The van der Waals surface area contributed by atoms with Crippen LogP contribution >= 0.6 is 0 Å². The molecule has 178 valence electrons. The molecule has 11 heteroatoms. The molecular weight excluding hydrogens is 456 g/mol. The number of hydrogen-bond acceptors (Lipinski definition) is 8. The third-order valence-corrected chi connectivity index (χ3v) is 4.68. The summed E-state index contributed by atoms with van der Waals surface area (Å²) in [5.41, 5.74) is 1.96. The maximum atomic E-state index is 12.2. The number of amides is 1. The van der Waals surface area contributed by atoms with Crippen LogP contribution in [0.4, 0.5) is 17.1 Å². The Morgan fingerprint density at radius 3 is 1.97 bits per heavy atom. The number of nitro benzene ring substituents is 1. The SMILES string of the molecule is CN(CC(=O)O)C(=O)c1ccc(N=Nc2ccc(CC(=O)Oc3ccc([N+](=O)[O-])cc3)cc2)cc1. The Kier molecular flexibility index (Phi) is 7.96. The molecule has 3 rings (SSSR count). The molecule has 11 nitrogen and oxygen atoms in total. The normalized spacial score (nSPS) is 10.7. The monoisotopic (exact) mass is 476 g/mol. The average Bonchev–Trinajstić information content (AvgIpc) is 2.83. The molecule has 0 aliphatic carbocycles. The highest BCUT2D eigenvalue weighted by atomic mass is 16.6. The minimum absolute atomic E-state index is 0.000224. The molecule has 35 heavy (non-hydrogen) atoms. The Balaban J connectivity index is 1.54.